The third kappa shape index (κ3) is 5.24. The number of aliphatic carboxylic acids is 1. The molecular weight excluding hydrogens is 452 g/mol. The maximum atomic E-state index is 13.1. The minimum absolute atomic E-state index is 0.0907. The summed E-state index contributed by atoms with van der Waals surface area (Å²) >= 11 is 0. The van der Waals surface area contributed by atoms with E-state index in [-0.39, 0.29) is 23.3 Å². The van der Waals surface area contributed by atoms with Crippen molar-refractivity contribution in [3.8, 4) is 11.1 Å². The van der Waals surface area contributed by atoms with E-state index in [4.69, 9.17) is 5.11 Å². The van der Waals surface area contributed by atoms with Crippen molar-refractivity contribution in [2.45, 2.75) is 102 Å². The van der Waals surface area contributed by atoms with Gasteiger partial charge in [-0.15, -0.1) is 0 Å². The van der Waals surface area contributed by atoms with Gasteiger partial charge in [-0.05, 0) is 86.1 Å². The Bertz CT molecular complexity index is 1120. The number of carbonyl (C=O) groups is 2. The van der Waals surface area contributed by atoms with Crippen LogP contribution in [-0.2, 0) is 22.2 Å². The van der Waals surface area contributed by atoms with E-state index >= 15 is 0 Å². The summed E-state index contributed by atoms with van der Waals surface area (Å²) in [5.74, 6) is -0.715. The summed E-state index contributed by atoms with van der Waals surface area (Å²) in [4.78, 5) is 27.7. The van der Waals surface area contributed by atoms with Gasteiger partial charge in [0.05, 0.1) is 11.5 Å². The second-order valence-corrected chi connectivity index (χ2v) is 12.4. The Morgan fingerprint density at radius 3 is 2.39 bits per heavy atom. The molecule has 3 saturated carbocycles. The molecule has 0 atom stereocenters. The third-order valence-corrected chi connectivity index (χ3v) is 8.83. The first-order valence-corrected chi connectivity index (χ1v) is 13.7. The molecule has 6 nitrogen and oxygen atoms in total. The summed E-state index contributed by atoms with van der Waals surface area (Å²) in [5.41, 5.74) is 5.05. The lowest BCUT2D eigenvalue weighted by atomic mass is 9.80. The molecule has 194 valence electrons. The number of rotatable bonds is 8. The molecule has 1 aromatic heterocycles. The number of aliphatic hydroxyl groups is 1. The molecule has 1 amide bonds. The van der Waals surface area contributed by atoms with Crippen LogP contribution in [0, 0.1) is 11.8 Å². The predicted molar refractivity (Wildman–Crippen MR) is 140 cm³/mol. The number of carboxylic acids is 1. The van der Waals surface area contributed by atoms with Crippen molar-refractivity contribution >= 4 is 11.9 Å². The number of nitrogens with one attached hydrogen (secondary N) is 2. The fourth-order valence-electron chi connectivity index (χ4n) is 5.88. The van der Waals surface area contributed by atoms with Crippen LogP contribution in [0.5, 0.6) is 0 Å². The van der Waals surface area contributed by atoms with Crippen molar-refractivity contribution in [3.05, 3.63) is 46.8 Å². The van der Waals surface area contributed by atoms with E-state index in [0.29, 0.717) is 24.5 Å². The topological polar surface area (TPSA) is 102 Å². The molecule has 0 unspecified atom stereocenters. The summed E-state index contributed by atoms with van der Waals surface area (Å²) in [6, 6.07) is 8.34. The van der Waals surface area contributed by atoms with E-state index in [1.165, 1.54) is 37.7 Å². The molecule has 3 aliphatic rings. The summed E-state index contributed by atoms with van der Waals surface area (Å²) in [5, 5.41) is 23.0. The van der Waals surface area contributed by atoms with Gasteiger partial charge in [-0.3, -0.25) is 9.59 Å². The molecule has 0 saturated heterocycles. The van der Waals surface area contributed by atoms with Crippen molar-refractivity contribution in [2.24, 2.45) is 11.8 Å². The molecule has 3 aliphatic carbocycles. The average molecular weight is 493 g/mol. The van der Waals surface area contributed by atoms with Crippen molar-refractivity contribution in [2.75, 3.05) is 0 Å². The number of hydrogen-bond acceptors (Lipinski definition) is 3. The van der Waals surface area contributed by atoms with Crippen LogP contribution in [0.2, 0.25) is 0 Å². The number of carbonyl (C=O) groups excluding carboxylic acids is 1. The van der Waals surface area contributed by atoms with E-state index < -0.39 is 11.6 Å². The molecule has 6 heteroatoms. The second-order valence-electron chi connectivity index (χ2n) is 12.4. The Labute approximate surface area is 213 Å². The van der Waals surface area contributed by atoms with Crippen LogP contribution in [-0.4, -0.2) is 33.1 Å². The minimum atomic E-state index is -0.957. The number of amides is 1. The molecule has 0 bridgehead atoms. The number of aromatic amines is 1. The van der Waals surface area contributed by atoms with Crippen LogP contribution in [0.3, 0.4) is 0 Å². The van der Waals surface area contributed by atoms with Gasteiger partial charge >= 0.3 is 5.97 Å². The van der Waals surface area contributed by atoms with Gasteiger partial charge in [0.25, 0.3) is 5.91 Å². The SMILES string of the molecule is CC(C)(O)c1cc(-c2cc(C(=O)NC3CC(C(=O)O)C3)[nH]c2CC2CCCCC2)cc(C2(C)CC2)c1. The molecule has 5 rings (SSSR count). The van der Waals surface area contributed by atoms with Gasteiger partial charge in [0.1, 0.15) is 5.69 Å². The highest BCUT2D eigenvalue weighted by Crippen LogP contribution is 2.49. The minimum Gasteiger partial charge on any atom is -0.481 e. The average Bonchev–Trinajstić information content (AvgIpc) is 3.42. The molecule has 0 aliphatic heterocycles. The largest absolute Gasteiger partial charge is 0.481 e. The van der Waals surface area contributed by atoms with Crippen molar-refractivity contribution in [1.29, 1.82) is 0 Å². The fraction of sp³-hybridized carbons (Fsp3) is 0.600. The zero-order chi connectivity index (χ0) is 25.7. The zero-order valence-electron chi connectivity index (χ0n) is 21.8. The van der Waals surface area contributed by atoms with Crippen LogP contribution in [0.4, 0.5) is 0 Å². The van der Waals surface area contributed by atoms with E-state index in [1.54, 1.807) is 0 Å². The molecule has 36 heavy (non-hydrogen) atoms. The monoisotopic (exact) mass is 492 g/mol. The number of H-pyrrole nitrogens is 1. The summed E-state index contributed by atoms with van der Waals surface area (Å²) < 4.78 is 0. The normalized spacial score (nSPS) is 23.7. The van der Waals surface area contributed by atoms with Crippen LogP contribution in [0.15, 0.2) is 24.3 Å². The third-order valence-electron chi connectivity index (χ3n) is 8.83. The predicted octanol–water partition coefficient (Wildman–Crippen LogP) is 5.68. The first-order chi connectivity index (χ1) is 17.0. The fourth-order valence-corrected chi connectivity index (χ4v) is 5.88. The Hall–Kier alpha value is -2.60. The van der Waals surface area contributed by atoms with Gasteiger partial charge in [-0.1, -0.05) is 51.2 Å². The number of aromatic nitrogens is 1. The van der Waals surface area contributed by atoms with Crippen LogP contribution in [0.25, 0.3) is 11.1 Å². The van der Waals surface area contributed by atoms with Gasteiger partial charge in [-0.2, -0.15) is 0 Å². The molecule has 0 radical (unpaired) electrons. The number of carboxylic acid groups (broad SMARTS) is 1. The van der Waals surface area contributed by atoms with E-state index in [1.807, 2.05) is 19.9 Å². The van der Waals surface area contributed by atoms with E-state index in [2.05, 4.69) is 35.4 Å². The summed E-state index contributed by atoms with van der Waals surface area (Å²) in [7, 11) is 0. The van der Waals surface area contributed by atoms with E-state index in [9.17, 15) is 14.7 Å². The van der Waals surface area contributed by atoms with Gasteiger partial charge in [0, 0.05) is 17.3 Å². The molecule has 0 spiro atoms. The van der Waals surface area contributed by atoms with Gasteiger partial charge in [-0.25, -0.2) is 0 Å². The first-order valence-electron chi connectivity index (χ1n) is 13.7. The Morgan fingerprint density at radius 1 is 1.08 bits per heavy atom. The molecule has 1 heterocycles. The molecule has 4 N–H and O–H groups in total. The summed E-state index contributed by atoms with van der Waals surface area (Å²) in [6.07, 6.45) is 10.4. The second kappa shape index (κ2) is 9.37. The van der Waals surface area contributed by atoms with Gasteiger partial charge in [0.2, 0.25) is 0 Å². The van der Waals surface area contributed by atoms with Crippen molar-refractivity contribution in [1.82, 2.24) is 10.3 Å². The number of hydrogen-bond donors (Lipinski definition) is 4. The first kappa shape index (κ1) is 25.1. The quantitative estimate of drug-likeness (QED) is 0.381. The van der Waals surface area contributed by atoms with Gasteiger partial charge in [0.15, 0.2) is 0 Å². The lowest BCUT2D eigenvalue weighted by molar-refractivity contribution is -0.145. The highest BCUT2D eigenvalue weighted by Gasteiger charge is 2.40. The Kier molecular flexibility index (Phi) is 6.52. The van der Waals surface area contributed by atoms with Crippen LogP contribution < -0.4 is 5.32 Å². The Balaban J connectivity index is 1.48. The maximum absolute atomic E-state index is 13.1. The lowest BCUT2D eigenvalue weighted by Crippen LogP contribution is -2.46. The maximum Gasteiger partial charge on any atom is 0.306 e. The van der Waals surface area contributed by atoms with Crippen molar-refractivity contribution in [3.63, 3.8) is 0 Å². The van der Waals surface area contributed by atoms with Crippen molar-refractivity contribution < 1.29 is 19.8 Å². The standard InChI is InChI=1S/C30H40N2O4/c1-29(2,36)21-12-19(13-22(16-21)30(3)9-10-30)24-17-26(27(33)31-23-14-20(15-23)28(34)35)32-25(24)11-18-7-5-4-6-8-18/h12-13,16-18,20,23,32,36H,4-11,14-15H2,1-3H3,(H,31,33)(H,34,35). The molecule has 3 fully saturated rings. The molecule has 1 aromatic carbocycles. The Morgan fingerprint density at radius 2 is 1.78 bits per heavy atom. The lowest BCUT2D eigenvalue weighted by Gasteiger charge is -2.32. The summed E-state index contributed by atoms with van der Waals surface area (Å²) in [6.45, 7) is 5.93. The van der Waals surface area contributed by atoms with Crippen LogP contribution >= 0.6 is 0 Å². The van der Waals surface area contributed by atoms with Crippen LogP contribution in [0.1, 0.15) is 106 Å². The number of benzene rings is 1. The van der Waals surface area contributed by atoms with Gasteiger partial charge < -0.3 is 20.5 Å². The highest BCUT2D eigenvalue weighted by atomic mass is 16.4. The molecule has 2 aromatic rings. The molecular formula is C30H40N2O4. The highest BCUT2D eigenvalue weighted by molar-refractivity contribution is 5.95. The zero-order valence-corrected chi connectivity index (χ0v) is 21.8. The van der Waals surface area contributed by atoms with E-state index in [0.717, 1.165) is 41.6 Å². The smallest absolute Gasteiger partial charge is 0.306 e.